The zero-order valence-corrected chi connectivity index (χ0v) is 17.6. The van der Waals surface area contributed by atoms with E-state index in [1.807, 2.05) is 0 Å². The molecule has 1 aromatic rings. The van der Waals surface area contributed by atoms with Crippen LogP contribution in [-0.4, -0.2) is 57.3 Å². The third kappa shape index (κ3) is 3.74. The van der Waals surface area contributed by atoms with Crippen LogP contribution in [0.15, 0.2) is 30.4 Å². The number of hydrogen-bond acceptors (Lipinski definition) is 8. The molecule has 0 spiro atoms. The second-order valence-electron chi connectivity index (χ2n) is 6.35. The molecule has 0 radical (unpaired) electrons. The number of methoxy groups -OCH3 is 2. The molecule has 1 heterocycles. The van der Waals surface area contributed by atoms with Crippen LogP contribution in [0.3, 0.4) is 0 Å². The fourth-order valence-corrected chi connectivity index (χ4v) is 3.54. The molecule has 0 aliphatic carbocycles. The first kappa shape index (κ1) is 22.9. The summed E-state index contributed by atoms with van der Waals surface area (Å²) in [4.78, 5) is 52.2. The van der Waals surface area contributed by atoms with Crippen LogP contribution in [0.25, 0.3) is 0 Å². The molecule has 162 valence electrons. The van der Waals surface area contributed by atoms with Gasteiger partial charge in [0, 0.05) is 24.3 Å². The lowest BCUT2D eigenvalue weighted by molar-refractivity contribution is -0.165. The average Bonchev–Trinajstić information content (AvgIpc) is 3.02. The number of rotatable bonds is 7. The summed E-state index contributed by atoms with van der Waals surface area (Å²) in [7, 11) is 2.62. The van der Waals surface area contributed by atoms with Crippen molar-refractivity contribution in [2.45, 2.75) is 32.2 Å². The number of ether oxygens (including phenoxy) is 4. The fourth-order valence-electron chi connectivity index (χ4n) is 3.54. The van der Waals surface area contributed by atoms with Crippen LogP contribution in [0.1, 0.15) is 26.3 Å². The fraction of sp³-hybridized carbons (Fsp3) is 0.429. The smallest absolute Gasteiger partial charge is 0.330 e. The van der Waals surface area contributed by atoms with E-state index in [2.05, 4.69) is 4.74 Å². The van der Waals surface area contributed by atoms with Gasteiger partial charge in [-0.3, -0.25) is 14.4 Å². The second-order valence-corrected chi connectivity index (χ2v) is 6.35. The number of benzene rings is 1. The molecule has 1 aliphatic heterocycles. The van der Waals surface area contributed by atoms with Gasteiger partial charge in [-0.25, -0.2) is 4.79 Å². The lowest BCUT2D eigenvalue weighted by Gasteiger charge is -2.32. The average molecular weight is 419 g/mol. The van der Waals surface area contributed by atoms with Crippen molar-refractivity contribution < 1.29 is 38.1 Å². The van der Waals surface area contributed by atoms with E-state index in [-0.39, 0.29) is 18.8 Å². The molecule has 1 amide bonds. The molecule has 30 heavy (non-hydrogen) atoms. The Morgan fingerprint density at radius 3 is 2.13 bits per heavy atom. The van der Waals surface area contributed by atoms with Crippen molar-refractivity contribution in [2.24, 2.45) is 0 Å². The van der Waals surface area contributed by atoms with Gasteiger partial charge in [0.25, 0.3) is 0 Å². The summed E-state index contributed by atoms with van der Waals surface area (Å²) in [5.74, 6) is -2.60. The van der Waals surface area contributed by atoms with Gasteiger partial charge in [-0.1, -0.05) is 6.08 Å². The van der Waals surface area contributed by atoms with Gasteiger partial charge < -0.3 is 23.8 Å². The number of carbonyl (C=O) groups excluding carboxylic acids is 4. The molecule has 1 aliphatic rings. The molecule has 0 saturated heterocycles. The number of esters is 3. The first-order chi connectivity index (χ1) is 14.3. The number of carbonyl (C=O) groups is 4. The van der Waals surface area contributed by atoms with Crippen molar-refractivity contribution in [3.8, 4) is 5.75 Å². The van der Waals surface area contributed by atoms with Crippen LogP contribution in [0, 0.1) is 0 Å². The Kier molecular flexibility index (Phi) is 7.20. The molecule has 1 aromatic carbocycles. The maximum absolute atomic E-state index is 13.3. The minimum atomic E-state index is -2.05. The molecule has 9 nitrogen and oxygen atoms in total. The molecule has 1 unspecified atom stereocenters. The van der Waals surface area contributed by atoms with E-state index in [4.69, 9.17) is 14.2 Å². The molecular formula is C21H25NO8. The van der Waals surface area contributed by atoms with E-state index < -0.39 is 35.3 Å². The minimum absolute atomic E-state index is 0.00715. The topological polar surface area (TPSA) is 108 Å². The van der Waals surface area contributed by atoms with Crippen molar-refractivity contribution in [3.63, 3.8) is 0 Å². The highest BCUT2D eigenvalue weighted by Gasteiger charge is 2.64. The Hall–Kier alpha value is -3.36. The van der Waals surface area contributed by atoms with E-state index in [9.17, 15) is 19.2 Å². The van der Waals surface area contributed by atoms with Gasteiger partial charge in [-0.2, -0.15) is 0 Å². The Morgan fingerprint density at radius 1 is 1.07 bits per heavy atom. The van der Waals surface area contributed by atoms with Crippen LogP contribution < -0.4 is 9.64 Å². The normalized spacial score (nSPS) is 16.7. The van der Waals surface area contributed by atoms with Gasteiger partial charge in [-0.05, 0) is 32.0 Å². The molecule has 0 saturated carbocycles. The Morgan fingerprint density at radius 2 is 1.67 bits per heavy atom. The molecule has 2 rings (SSSR count). The van der Waals surface area contributed by atoms with Crippen molar-refractivity contribution in [1.29, 1.82) is 0 Å². The minimum Gasteiger partial charge on any atom is -0.497 e. The van der Waals surface area contributed by atoms with E-state index in [0.717, 1.165) is 6.08 Å². The van der Waals surface area contributed by atoms with E-state index in [1.165, 1.54) is 38.2 Å². The maximum atomic E-state index is 13.3. The van der Waals surface area contributed by atoms with E-state index in [0.29, 0.717) is 11.4 Å². The molecule has 1 atom stereocenters. The monoisotopic (exact) mass is 419 g/mol. The van der Waals surface area contributed by atoms with Gasteiger partial charge in [0.1, 0.15) is 5.75 Å². The van der Waals surface area contributed by atoms with Crippen molar-refractivity contribution in [1.82, 2.24) is 0 Å². The molecule has 0 aromatic heterocycles. The highest BCUT2D eigenvalue weighted by molar-refractivity contribution is 6.15. The Balaban J connectivity index is 2.90. The van der Waals surface area contributed by atoms with Gasteiger partial charge in [0.15, 0.2) is 0 Å². The predicted molar refractivity (Wildman–Crippen MR) is 106 cm³/mol. The van der Waals surface area contributed by atoms with Crippen molar-refractivity contribution in [3.05, 3.63) is 35.9 Å². The Labute approximate surface area is 174 Å². The van der Waals surface area contributed by atoms with Crippen molar-refractivity contribution >= 4 is 29.5 Å². The molecule has 0 fully saturated rings. The van der Waals surface area contributed by atoms with E-state index in [1.54, 1.807) is 26.0 Å². The maximum Gasteiger partial charge on any atom is 0.330 e. The standard InChI is InChI=1S/C21H25NO8/c1-6-29-19(25)21(20(26)30-7-2)15-12-14(27-4)8-9-16(15)22(13(3)23)17(21)10-11-18(24)28-5/h8-12,17H,6-7H2,1-5H3. The third-order valence-electron chi connectivity index (χ3n) is 4.76. The van der Waals surface area contributed by atoms with E-state index >= 15 is 0 Å². The second kappa shape index (κ2) is 9.43. The summed E-state index contributed by atoms with van der Waals surface area (Å²) in [6.45, 7) is 4.47. The lowest BCUT2D eigenvalue weighted by Crippen LogP contribution is -2.56. The Bertz CT molecular complexity index is 858. The summed E-state index contributed by atoms with van der Waals surface area (Å²) in [6, 6.07) is 3.44. The molecule has 9 heteroatoms. The van der Waals surface area contributed by atoms with Crippen LogP contribution in [-0.2, 0) is 38.8 Å². The summed E-state index contributed by atoms with van der Waals surface area (Å²) < 4.78 is 20.4. The zero-order valence-electron chi connectivity index (χ0n) is 17.6. The first-order valence-corrected chi connectivity index (χ1v) is 9.38. The highest BCUT2D eigenvalue weighted by Crippen LogP contribution is 2.49. The van der Waals surface area contributed by atoms with Crippen LogP contribution >= 0.6 is 0 Å². The zero-order chi connectivity index (χ0) is 22.5. The molecular weight excluding hydrogens is 394 g/mol. The summed E-state index contributed by atoms with van der Waals surface area (Å²) in [5, 5.41) is 0. The summed E-state index contributed by atoms with van der Waals surface area (Å²) in [6.07, 6.45) is 2.32. The number of fused-ring (bicyclic) bond motifs is 1. The van der Waals surface area contributed by atoms with Crippen molar-refractivity contribution in [2.75, 3.05) is 32.3 Å². The van der Waals surface area contributed by atoms with Crippen LogP contribution in [0.2, 0.25) is 0 Å². The number of amides is 1. The molecule has 0 bridgehead atoms. The predicted octanol–water partition coefficient (Wildman–Crippen LogP) is 1.52. The quantitative estimate of drug-likeness (QED) is 0.283. The molecule has 0 N–H and O–H groups in total. The lowest BCUT2D eigenvalue weighted by atomic mass is 9.76. The number of anilines is 1. The SMILES string of the molecule is CCOC(=O)C1(C(=O)OCC)c2cc(OC)ccc2N(C(C)=O)C1C=CC(=O)OC. The van der Waals surface area contributed by atoms with Gasteiger partial charge in [0.2, 0.25) is 11.3 Å². The highest BCUT2D eigenvalue weighted by atomic mass is 16.6. The van der Waals surface area contributed by atoms with Crippen LogP contribution in [0.4, 0.5) is 5.69 Å². The first-order valence-electron chi connectivity index (χ1n) is 9.38. The summed E-state index contributed by atoms with van der Waals surface area (Å²) in [5.41, 5.74) is -1.55. The number of nitrogens with zero attached hydrogens (tertiary/aromatic N) is 1. The van der Waals surface area contributed by atoms with Gasteiger partial charge >= 0.3 is 17.9 Å². The summed E-state index contributed by atoms with van der Waals surface area (Å²) >= 11 is 0. The van der Waals surface area contributed by atoms with Gasteiger partial charge in [-0.15, -0.1) is 0 Å². The van der Waals surface area contributed by atoms with Gasteiger partial charge in [0.05, 0.1) is 33.5 Å². The van der Waals surface area contributed by atoms with Crippen LogP contribution in [0.5, 0.6) is 5.75 Å². The number of hydrogen-bond donors (Lipinski definition) is 0. The third-order valence-corrected chi connectivity index (χ3v) is 4.76. The largest absolute Gasteiger partial charge is 0.497 e.